The van der Waals surface area contributed by atoms with Gasteiger partial charge in [-0.3, -0.25) is 0 Å². The number of hydrogen-bond donors (Lipinski definition) is 1. The Bertz CT molecular complexity index is 404. The molecule has 5 nitrogen and oxygen atoms in total. The number of aryl methyl sites for hydroxylation is 1. The van der Waals surface area contributed by atoms with Gasteiger partial charge in [-0.1, -0.05) is 0 Å². The van der Waals surface area contributed by atoms with Gasteiger partial charge in [0.25, 0.3) is 0 Å². The SMILES string of the molecule is Cc1nc(C(=O)O)nc2c1CCOCC2. The minimum Gasteiger partial charge on any atom is -0.475 e. The first-order valence-electron chi connectivity index (χ1n) is 4.86. The summed E-state index contributed by atoms with van der Waals surface area (Å²) >= 11 is 0. The Morgan fingerprint density at radius 1 is 1.33 bits per heavy atom. The maximum Gasteiger partial charge on any atom is 0.373 e. The second-order valence-corrected chi connectivity index (χ2v) is 3.48. The van der Waals surface area contributed by atoms with Gasteiger partial charge in [-0.25, -0.2) is 14.8 Å². The molecule has 2 heterocycles. The van der Waals surface area contributed by atoms with Crippen molar-refractivity contribution >= 4 is 5.97 Å². The van der Waals surface area contributed by atoms with Crippen LogP contribution in [0, 0.1) is 6.92 Å². The summed E-state index contributed by atoms with van der Waals surface area (Å²) < 4.78 is 5.32. The van der Waals surface area contributed by atoms with Crippen molar-refractivity contribution in [1.82, 2.24) is 9.97 Å². The molecule has 5 heteroatoms. The summed E-state index contributed by atoms with van der Waals surface area (Å²) in [7, 11) is 0. The second-order valence-electron chi connectivity index (χ2n) is 3.48. The molecule has 2 rings (SSSR count). The number of aromatic carboxylic acids is 1. The molecule has 80 valence electrons. The van der Waals surface area contributed by atoms with E-state index in [9.17, 15) is 4.79 Å². The molecule has 0 aromatic carbocycles. The van der Waals surface area contributed by atoms with E-state index in [0.29, 0.717) is 19.6 Å². The number of hydrogen-bond acceptors (Lipinski definition) is 4. The van der Waals surface area contributed by atoms with E-state index in [4.69, 9.17) is 9.84 Å². The highest BCUT2D eigenvalue weighted by Gasteiger charge is 2.17. The van der Waals surface area contributed by atoms with Crippen LogP contribution in [0.2, 0.25) is 0 Å². The summed E-state index contributed by atoms with van der Waals surface area (Å²) in [6, 6.07) is 0. The minimum absolute atomic E-state index is 0.117. The van der Waals surface area contributed by atoms with E-state index in [1.165, 1.54) is 0 Å². The molecule has 0 aliphatic carbocycles. The van der Waals surface area contributed by atoms with Crippen LogP contribution in [0.1, 0.15) is 27.6 Å². The lowest BCUT2D eigenvalue weighted by Crippen LogP contribution is -2.11. The molecule has 0 atom stereocenters. The molecule has 0 fully saturated rings. The number of nitrogens with zero attached hydrogens (tertiary/aromatic N) is 2. The Hall–Kier alpha value is -1.49. The third kappa shape index (κ3) is 1.97. The van der Waals surface area contributed by atoms with Crippen molar-refractivity contribution in [2.24, 2.45) is 0 Å². The fraction of sp³-hybridized carbons (Fsp3) is 0.500. The number of carbonyl (C=O) groups is 1. The van der Waals surface area contributed by atoms with Crippen LogP contribution >= 0.6 is 0 Å². The average Bonchev–Trinajstić information content (AvgIpc) is 2.42. The maximum atomic E-state index is 10.8. The van der Waals surface area contributed by atoms with Crippen molar-refractivity contribution in [2.75, 3.05) is 13.2 Å². The van der Waals surface area contributed by atoms with Gasteiger partial charge in [0.05, 0.1) is 18.9 Å². The summed E-state index contributed by atoms with van der Waals surface area (Å²) in [6.07, 6.45) is 1.43. The van der Waals surface area contributed by atoms with Crippen LogP contribution in [0.5, 0.6) is 0 Å². The fourth-order valence-electron chi connectivity index (χ4n) is 1.73. The van der Waals surface area contributed by atoms with Crippen molar-refractivity contribution in [1.29, 1.82) is 0 Å². The van der Waals surface area contributed by atoms with Gasteiger partial charge in [0.1, 0.15) is 0 Å². The average molecular weight is 208 g/mol. The highest BCUT2D eigenvalue weighted by molar-refractivity contribution is 5.83. The second kappa shape index (κ2) is 3.94. The van der Waals surface area contributed by atoms with E-state index in [0.717, 1.165) is 23.4 Å². The third-order valence-corrected chi connectivity index (χ3v) is 2.47. The van der Waals surface area contributed by atoms with Crippen molar-refractivity contribution in [3.63, 3.8) is 0 Å². The smallest absolute Gasteiger partial charge is 0.373 e. The Labute approximate surface area is 87.1 Å². The molecule has 0 saturated heterocycles. The molecule has 0 spiro atoms. The molecule has 0 unspecified atom stereocenters. The lowest BCUT2D eigenvalue weighted by Gasteiger charge is -2.07. The summed E-state index contributed by atoms with van der Waals surface area (Å²) in [5.74, 6) is -1.20. The van der Waals surface area contributed by atoms with Crippen LogP contribution in [-0.4, -0.2) is 34.3 Å². The fourth-order valence-corrected chi connectivity index (χ4v) is 1.73. The lowest BCUT2D eigenvalue weighted by atomic mass is 10.1. The third-order valence-electron chi connectivity index (χ3n) is 2.47. The molecular weight excluding hydrogens is 196 g/mol. The van der Waals surface area contributed by atoms with Gasteiger partial charge in [0, 0.05) is 12.1 Å². The summed E-state index contributed by atoms with van der Waals surface area (Å²) in [5, 5.41) is 8.82. The van der Waals surface area contributed by atoms with E-state index in [-0.39, 0.29) is 5.82 Å². The zero-order chi connectivity index (χ0) is 10.8. The predicted molar refractivity (Wildman–Crippen MR) is 52.0 cm³/mol. The molecule has 0 saturated carbocycles. The molecule has 1 N–H and O–H groups in total. The number of carboxylic acid groups (broad SMARTS) is 1. The largest absolute Gasteiger partial charge is 0.475 e. The van der Waals surface area contributed by atoms with Crippen LogP contribution in [0.15, 0.2) is 0 Å². The number of fused-ring (bicyclic) bond motifs is 1. The molecule has 1 aromatic heterocycles. The van der Waals surface area contributed by atoms with Crippen LogP contribution in [0.4, 0.5) is 0 Å². The van der Waals surface area contributed by atoms with E-state index in [1.807, 2.05) is 6.92 Å². The molecule has 0 bridgehead atoms. The van der Waals surface area contributed by atoms with Crippen LogP contribution < -0.4 is 0 Å². The van der Waals surface area contributed by atoms with Crippen LogP contribution in [0.3, 0.4) is 0 Å². The van der Waals surface area contributed by atoms with Crippen LogP contribution in [-0.2, 0) is 17.6 Å². The van der Waals surface area contributed by atoms with Gasteiger partial charge < -0.3 is 9.84 Å². The highest BCUT2D eigenvalue weighted by Crippen LogP contribution is 2.15. The normalized spacial score (nSPS) is 15.5. The van der Waals surface area contributed by atoms with Crippen molar-refractivity contribution in [2.45, 2.75) is 19.8 Å². The molecule has 15 heavy (non-hydrogen) atoms. The zero-order valence-electron chi connectivity index (χ0n) is 8.49. The number of aromatic nitrogens is 2. The maximum absolute atomic E-state index is 10.8. The predicted octanol–water partition coefficient (Wildman–Crippen LogP) is 0.598. The van der Waals surface area contributed by atoms with Gasteiger partial charge in [0.2, 0.25) is 5.82 Å². The molecule has 0 radical (unpaired) electrons. The van der Waals surface area contributed by atoms with E-state index >= 15 is 0 Å². The van der Waals surface area contributed by atoms with Gasteiger partial charge in [0.15, 0.2) is 0 Å². The topological polar surface area (TPSA) is 72.3 Å². The first-order chi connectivity index (χ1) is 7.18. The number of carboxylic acids is 1. The Kier molecular flexibility index (Phi) is 2.64. The Morgan fingerprint density at radius 2 is 2.07 bits per heavy atom. The lowest BCUT2D eigenvalue weighted by molar-refractivity contribution is 0.0682. The first-order valence-corrected chi connectivity index (χ1v) is 4.86. The summed E-state index contributed by atoms with van der Waals surface area (Å²) in [4.78, 5) is 18.8. The Morgan fingerprint density at radius 3 is 2.80 bits per heavy atom. The van der Waals surface area contributed by atoms with E-state index in [1.54, 1.807) is 0 Å². The van der Waals surface area contributed by atoms with E-state index < -0.39 is 5.97 Å². The summed E-state index contributed by atoms with van der Waals surface area (Å²) in [6.45, 7) is 3.07. The monoisotopic (exact) mass is 208 g/mol. The van der Waals surface area contributed by atoms with Crippen LogP contribution in [0.25, 0.3) is 0 Å². The minimum atomic E-state index is -1.08. The van der Waals surface area contributed by atoms with Gasteiger partial charge in [-0.2, -0.15) is 0 Å². The van der Waals surface area contributed by atoms with Crippen molar-refractivity contribution in [3.8, 4) is 0 Å². The van der Waals surface area contributed by atoms with Gasteiger partial charge in [-0.05, 0) is 18.9 Å². The Balaban J connectivity index is 2.48. The van der Waals surface area contributed by atoms with Gasteiger partial charge in [-0.15, -0.1) is 0 Å². The summed E-state index contributed by atoms with van der Waals surface area (Å²) in [5.41, 5.74) is 2.61. The number of ether oxygens (including phenoxy) is 1. The van der Waals surface area contributed by atoms with Gasteiger partial charge >= 0.3 is 5.97 Å². The number of rotatable bonds is 1. The standard InChI is InChI=1S/C10H12N2O3/c1-6-7-2-4-15-5-3-8(7)12-9(11-6)10(13)14/h2-5H2,1H3,(H,13,14). The molecule has 0 amide bonds. The van der Waals surface area contributed by atoms with Crippen molar-refractivity contribution < 1.29 is 14.6 Å². The quantitative estimate of drug-likeness (QED) is 0.731. The molecule has 1 aliphatic rings. The zero-order valence-corrected chi connectivity index (χ0v) is 8.49. The first kappa shape index (κ1) is 10.0. The van der Waals surface area contributed by atoms with E-state index in [2.05, 4.69) is 9.97 Å². The molecule has 1 aromatic rings. The molecule has 1 aliphatic heterocycles. The highest BCUT2D eigenvalue weighted by atomic mass is 16.5. The molecular formula is C10H12N2O3. The van der Waals surface area contributed by atoms with Crippen molar-refractivity contribution in [3.05, 3.63) is 22.8 Å².